The van der Waals surface area contributed by atoms with E-state index in [0.717, 1.165) is 28.4 Å². The second kappa shape index (κ2) is 5.22. The highest BCUT2D eigenvalue weighted by Crippen LogP contribution is 2.46. The first-order valence-electron chi connectivity index (χ1n) is 6.71. The molecule has 18 heavy (non-hydrogen) atoms. The first-order valence-corrected chi connectivity index (χ1v) is 7.50. The molecule has 1 saturated carbocycles. The van der Waals surface area contributed by atoms with Crippen LogP contribution in [0.25, 0.3) is 0 Å². The molecular formula is C15H22BrNO. The zero-order valence-electron chi connectivity index (χ0n) is 11.2. The van der Waals surface area contributed by atoms with Crippen LogP contribution in [0.15, 0.2) is 10.5 Å². The van der Waals surface area contributed by atoms with Crippen LogP contribution in [0.5, 0.6) is 5.75 Å². The number of hydrogen-bond acceptors (Lipinski definition) is 2. The highest BCUT2D eigenvalue weighted by Gasteiger charge is 2.35. The summed E-state index contributed by atoms with van der Waals surface area (Å²) in [6.45, 7) is 4.74. The van der Waals surface area contributed by atoms with Crippen LogP contribution < -0.4 is 5.73 Å². The first kappa shape index (κ1) is 13.9. The summed E-state index contributed by atoms with van der Waals surface area (Å²) < 4.78 is 0.830. The van der Waals surface area contributed by atoms with Gasteiger partial charge in [0, 0.05) is 17.5 Å². The summed E-state index contributed by atoms with van der Waals surface area (Å²) in [6, 6.07) is 2.13. The maximum Gasteiger partial charge on any atom is 0.133 e. The molecule has 0 atom stereocenters. The van der Waals surface area contributed by atoms with E-state index in [-0.39, 0.29) is 5.41 Å². The van der Waals surface area contributed by atoms with Crippen molar-refractivity contribution in [2.24, 2.45) is 5.73 Å². The van der Waals surface area contributed by atoms with E-state index in [9.17, 15) is 5.11 Å². The van der Waals surface area contributed by atoms with Gasteiger partial charge in [0.25, 0.3) is 0 Å². The number of benzene rings is 1. The van der Waals surface area contributed by atoms with Gasteiger partial charge in [-0.25, -0.2) is 0 Å². The predicted molar refractivity (Wildman–Crippen MR) is 79.1 cm³/mol. The minimum Gasteiger partial charge on any atom is -0.506 e. The van der Waals surface area contributed by atoms with E-state index in [4.69, 9.17) is 5.73 Å². The largest absolute Gasteiger partial charge is 0.506 e. The van der Waals surface area contributed by atoms with Crippen LogP contribution in [0, 0.1) is 13.8 Å². The molecule has 3 N–H and O–H groups in total. The van der Waals surface area contributed by atoms with Gasteiger partial charge in [0.05, 0.1) is 4.47 Å². The standard InChI is InChI=1S/C15H22BrNO/c1-10-8-12(14(18)13(16)11(10)2)15(9-17)6-4-3-5-7-15/h8,18H,3-7,9,17H2,1-2H3. The van der Waals surface area contributed by atoms with Crippen molar-refractivity contribution < 1.29 is 5.11 Å². The zero-order chi connectivity index (χ0) is 13.3. The van der Waals surface area contributed by atoms with Crippen molar-refractivity contribution in [1.29, 1.82) is 0 Å². The van der Waals surface area contributed by atoms with Crippen molar-refractivity contribution in [3.63, 3.8) is 0 Å². The molecule has 2 nitrogen and oxygen atoms in total. The Hall–Kier alpha value is -0.540. The second-order valence-corrected chi connectivity index (χ2v) is 6.37. The Morgan fingerprint density at radius 2 is 1.89 bits per heavy atom. The molecule has 0 aliphatic heterocycles. The van der Waals surface area contributed by atoms with E-state index in [1.54, 1.807) is 0 Å². The van der Waals surface area contributed by atoms with E-state index >= 15 is 0 Å². The Balaban J connectivity index is 2.55. The van der Waals surface area contributed by atoms with Gasteiger partial charge >= 0.3 is 0 Å². The van der Waals surface area contributed by atoms with Crippen LogP contribution in [0.4, 0.5) is 0 Å². The van der Waals surface area contributed by atoms with Gasteiger partial charge in [0.15, 0.2) is 0 Å². The highest BCUT2D eigenvalue weighted by atomic mass is 79.9. The number of halogens is 1. The lowest BCUT2D eigenvalue weighted by molar-refractivity contribution is 0.290. The Kier molecular flexibility index (Phi) is 4.02. The maximum absolute atomic E-state index is 10.4. The Morgan fingerprint density at radius 3 is 2.44 bits per heavy atom. The average molecular weight is 312 g/mol. The van der Waals surface area contributed by atoms with Crippen molar-refractivity contribution in [3.8, 4) is 5.75 Å². The molecule has 0 unspecified atom stereocenters. The topological polar surface area (TPSA) is 46.2 Å². The smallest absolute Gasteiger partial charge is 0.133 e. The summed E-state index contributed by atoms with van der Waals surface area (Å²) in [5.74, 6) is 0.394. The van der Waals surface area contributed by atoms with Crippen molar-refractivity contribution in [3.05, 3.63) is 27.2 Å². The molecule has 3 heteroatoms. The molecule has 1 fully saturated rings. The van der Waals surface area contributed by atoms with Gasteiger partial charge in [-0.1, -0.05) is 25.3 Å². The lowest BCUT2D eigenvalue weighted by Gasteiger charge is -2.37. The summed E-state index contributed by atoms with van der Waals surface area (Å²) in [4.78, 5) is 0. The number of nitrogens with two attached hydrogens (primary N) is 1. The number of aromatic hydroxyl groups is 1. The molecule has 0 aromatic heterocycles. The number of rotatable bonds is 2. The SMILES string of the molecule is Cc1cc(C2(CN)CCCCC2)c(O)c(Br)c1C. The summed E-state index contributed by atoms with van der Waals surface area (Å²) >= 11 is 3.51. The number of aryl methyl sites for hydroxylation is 1. The summed E-state index contributed by atoms with van der Waals surface area (Å²) in [7, 11) is 0. The van der Waals surface area contributed by atoms with Crippen LogP contribution in [0.2, 0.25) is 0 Å². The van der Waals surface area contributed by atoms with Gasteiger partial charge in [-0.15, -0.1) is 0 Å². The molecule has 0 bridgehead atoms. The fourth-order valence-electron chi connectivity index (χ4n) is 3.08. The van der Waals surface area contributed by atoms with E-state index in [2.05, 4.69) is 28.9 Å². The third-order valence-electron chi connectivity index (χ3n) is 4.52. The summed E-state index contributed by atoms with van der Waals surface area (Å²) in [5, 5.41) is 10.4. The van der Waals surface area contributed by atoms with Crippen LogP contribution in [0.3, 0.4) is 0 Å². The number of hydrogen-bond donors (Lipinski definition) is 2. The molecule has 1 aliphatic carbocycles. The molecule has 1 aromatic rings. The minimum absolute atomic E-state index is 0.0245. The number of phenols is 1. The monoisotopic (exact) mass is 311 g/mol. The molecular weight excluding hydrogens is 290 g/mol. The van der Waals surface area contributed by atoms with Gasteiger partial charge in [0.1, 0.15) is 5.75 Å². The molecule has 0 saturated heterocycles. The fraction of sp³-hybridized carbons (Fsp3) is 0.600. The minimum atomic E-state index is -0.0245. The first-order chi connectivity index (χ1) is 8.52. The van der Waals surface area contributed by atoms with E-state index in [1.807, 2.05) is 6.92 Å². The van der Waals surface area contributed by atoms with Crippen molar-refractivity contribution >= 4 is 15.9 Å². The summed E-state index contributed by atoms with van der Waals surface area (Å²) in [5.41, 5.74) is 9.39. The lowest BCUT2D eigenvalue weighted by Crippen LogP contribution is -2.37. The van der Waals surface area contributed by atoms with Gasteiger partial charge < -0.3 is 10.8 Å². The van der Waals surface area contributed by atoms with Crippen molar-refractivity contribution in [2.45, 2.75) is 51.4 Å². The predicted octanol–water partition coefficient (Wildman–Crippen LogP) is 3.93. The van der Waals surface area contributed by atoms with Crippen LogP contribution in [0.1, 0.15) is 48.8 Å². The molecule has 1 aliphatic rings. The van der Waals surface area contributed by atoms with E-state index in [0.29, 0.717) is 12.3 Å². The molecule has 0 radical (unpaired) electrons. The van der Waals surface area contributed by atoms with Crippen molar-refractivity contribution in [2.75, 3.05) is 6.54 Å². The number of phenolic OH excluding ortho intramolecular Hbond substituents is 1. The molecule has 0 heterocycles. The molecule has 0 amide bonds. The maximum atomic E-state index is 10.4. The van der Waals surface area contributed by atoms with E-state index in [1.165, 1.54) is 24.8 Å². The quantitative estimate of drug-likeness (QED) is 0.869. The van der Waals surface area contributed by atoms with Crippen molar-refractivity contribution in [1.82, 2.24) is 0 Å². The Labute approximate surface area is 118 Å². The highest BCUT2D eigenvalue weighted by molar-refractivity contribution is 9.10. The van der Waals surface area contributed by atoms with E-state index < -0.39 is 0 Å². The average Bonchev–Trinajstić information content (AvgIpc) is 2.41. The second-order valence-electron chi connectivity index (χ2n) is 5.57. The fourth-order valence-corrected chi connectivity index (χ4v) is 3.60. The Bertz CT molecular complexity index is 450. The van der Waals surface area contributed by atoms with Gasteiger partial charge in [-0.2, -0.15) is 0 Å². The van der Waals surface area contributed by atoms with Gasteiger partial charge in [0.2, 0.25) is 0 Å². The lowest BCUT2D eigenvalue weighted by atomic mass is 9.68. The Morgan fingerprint density at radius 1 is 1.28 bits per heavy atom. The van der Waals surface area contributed by atoms with Crippen LogP contribution >= 0.6 is 15.9 Å². The zero-order valence-corrected chi connectivity index (χ0v) is 12.8. The molecule has 0 spiro atoms. The molecule has 100 valence electrons. The third-order valence-corrected chi connectivity index (χ3v) is 5.49. The molecule has 2 rings (SSSR count). The van der Waals surface area contributed by atoms with Gasteiger partial charge in [-0.05, 0) is 53.7 Å². The summed E-state index contributed by atoms with van der Waals surface area (Å²) in [6.07, 6.45) is 5.88. The van der Waals surface area contributed by atoms with Crippen LogP contribution in [-0.2, 0) is 5.41 Å². The third kappa shape index (κ3) is 2.19. The van der Waals surface area contributed by atoms with Gasteiger partial charge in [-0.3, -0.25) is 0 Å². The van der Waals surface area contributed by atoms with Crippen LogP contribution in [-0.4, -0.2) is 11.7 Å². The normalized spacial score (nSPS) is 18.9. The molecule has 1 aromatic carbocycles.